The third kappa shape index (κ3) is 7.87. The fraction of sp³-hybridized carbons (Fsp3) is 0.714. The molecule has 0 amide bonds. The second kappa shape index (κ2) is 7.90. The summed E-state index contributed by atoms with van der Waals surface area (Å²) in [7, 11) is 0. The highest BCUT2D eigenvalue weighted by atomic mass is 16.5. The Hall–Kier alpha value is -1.32. The molecule has 0 aromatic carbocycles. The van der Waals surface area contributed by atoms with Crippen molar-refractivity contribution in [3.63, 3.8) is 0 Å². The molecule has 0 bridgehead atoms. The summed E-state index contributed by atoms with van der Waals surface area (Å²) in [5.74, 6) is -0.588. The molecule has 0 saturated carbocycles. The molecule has 0 spiro atoms. The monoisotopic (exact) mass is 256 g/mol. The van der Waals surface area contributed by atoms with Gasteiger partial charge in [0.1, 0.15) is 0 Å². The van der Waals surface area contributed by atoms with Gasteiger partial charge in [-0.25, -0.2) is 4.79 Å². The van der Waals surface area contributed by atoms with Gasteiger partial charge >= 0.3 is 11.9 Å². The Balaban J connectivity index is 3.66. The molecule has 0 aliphatic carbocycles. The van der Waals surface area contributed by atoms with Gasteiger partial charge in [0.25, 0.3) is 0 Å². The summed E-state index contributed by atoms with van der Waals surface area (Å²) in [6, 6.07) is 0. The number of carbonyl (C=O) groups is 2. The zero-order valence-electron chi connectivity index (χ0n) is 11.8. The van der Waals surface area contributed by atoms with Crippen molar-refractivity contribution >= 4 is 11.9 Å². The van der Waals surface area contributed by atoms with Crippen LogP contribution in [-0.4, -0.2) is 24.6 Å². The zero-order chi connectivity index (χ0) is 14.2. The predicted octanol–water partition coefficient (Wildman–Crippen LogP) is 2.86. The quantitative estimate of drug-likeness (QED) is 0.399. The molecule has 0 aliphatic rings. The van der Waals surface area contributed by atoms with Gasteiger partial charge in [-0.1, -0.05) is 6.58 Å². The lowest BCUT2D eigenvalue weighted by Crippen LogP contribution is -2.26. The maximum absolute atomic E-state index is 11.6. The number of unbranched alkanes of at least 4 members (excludes halogenated alkanes) is 1. The van der Waals surface area contributed by atoms with Crippen molar-refractivity contribution in [3.05, 3.63) is 12.7 Å². The molecule has 0 rings (SSSR count). The average Bonchev–Trinajstić information content (AvgIpc) is 2.26. The van der Waals surface area contributed by atoms with Crippen molar-refractivity contribution in [2.24, 2.45) is 5.41 Å². The SMILES string of the molecule is C=CC(=O)OCCCCC(C)OC(=O)C(C)(C)C. The molecular formula is C14H24O4. The second-order valence-electron chi connectivity index (χ2n) is 5.33. The number of rotatable bonds is 7. The maximum atomic E-state index is 11.6. The molecular weight excluding hydrogens is 232 g/mol. The summed E-state index contributed by atoms with van der Waals surface area (Å²) < 4.78 is 10.1. The van der Waals surface area contributed by atoms with Crippen LogP contribution in [0.2, 0.25) is 0 Å². The minimum Gasteiger partial charge on any atom is -0.463 e. The lowest BCUT2D eigenvalue weighted by molar-refractivity contribution is -0.158. The minimum atomic E-state index is -0.465. The van der Waals surface area contributed by atoms with E-state index in [-0.39, 0.29) is 12.1 Å². The summed E-state index contributed by atoms with van der Waals surface area (Å²) >= 11 is 0. The maximum Gasteiger partial charge on any atom is 0.330 e. The Labute approximate surface area is 109 Å². The molecule has 1 unspecified atom stereocenters. The molecule has 0 aromatic heterocycles. The Morgan fingerprint density at radius 3 is 2.39 bits per heavy atom. The van der Waals surface area contributed by atoms with Gasteiger partial charge in [0.15, 0.2) is 0 Å². The number of hydrogen-bond acceptors (Lipinski definition) is 4. The first-order valence-electron chi connectivity index (χ1n) is 6.27. The normalized spacial score (nSPS) is 12.7. The van der Waals surface area contributed by atoms with Gasteiger partial charge in [0, 0.05) is 6.08 Å². The fourth-order valence-electron chi connectivity index (χ4n) is 1.18. The van der Waals surface area contributed by atoms with E-state index in [1.165, 1.54) is 0 Å². The third-order valence-corrected chi connectivity index (χ3v) is 2.34. The van der Waals surface area contributed by atoms with E-state index >= 15 is 0 Å². The van der Waals surface area contributed by atoms with E-state index in [0.29, 0.717) is 6.61 Å². The molecule has 18 heavy (non-hydrogen) atoms. The van der Waals surface area contributed by atoms with Crippen LogP contribution in [0.5, 0.6) is 0 Å². The van der Waals surface area contributed by atoms with Crippen molar-refractivity contribution in [2.45, 2.75) is 53.1 Å². The van der Waals surface area contributed by atoms with E-state index < -0.39 is 11.4 Å². The zero-order valence-corrected chi connectivity index (χ0v) is 11.8. The van der Waals surface area contributed by atoms with Crippen molar-refractivity contribution in [1.82, 2.24) is 0 Å². The highest BCUT2D eigenvalue weighted by Gasteiger charge is 2.24. The molecule has 0 fully saturated rings. The molecule has 1 atom stereocenters. The summed E-state index contributed by atoms with van der Waals surface area (Å²) in [5, 5.41) is 0. The van der Waals surface area contributed by atoms with Crippen molar-refractivity contribution in [1.29, 1.82) is 0 Å². The first kappa shape index (κ1) is 16.7. The number of hydrogen-bond donors (Lipinski definition) is 0. The highest BCUT2D eigenvalue weighted by Crippen LogP contribution is 2.17. The topological polar surface area (TPSA) is 52.6 Å². The van der Waals surface area contributed by atoms with Crippen LogP contribution < -0.4 is 0 Å². The molecule has 0 heterocycles. The smallest absolute Gasteiger partial charge is 0.330 e. The van der Waals surface area contributed by atoms with E-state index in [2.05, 4.69) is 6.58 Å². The third-order valence-electron chi connectivity index (χ3n) is 2.34. The Morgan fingerprint density at radius 1 is 1.28 bits per heavy atom. The molecule has 0 radical (unpaired) electrons. The predicted molar refractivity (Wildman–Crippen MR) is 70.0 cm³/mol. The van der Waals surface area contributed by atoms with Gasteiger partial charge in [0.2, 0.25) is 0 Å². The molecule has 4 nitrogen and oxygen atoms in total. The van der Waals surface area contributed by atoms with Crippen LogP contribution in [0.15, 0.2) is 12.7 Å². The van der Waals surface area contributed by atoms with Crippen LogP contribution in [0.1, 0.15) is 47.0 Å². The van der Waals surface area contributed by atoms with Crippen molar-refractivity contribution in [2.75, 3.05) is 6.61 Å². The summed E-state index contributed by atoms with van der Waals surface area (Å²) in [6.45, 7) is 11.1. The minimum absolute atomic E-state index is 0.105. The first-order valence-corrected chi connectivity index (χ1v) is 6.27. The van der Waals surface area contributed by atoms with E-state index in [9.17, 15) is 9.59 Å². The van der Waals surface area contributed by atoms with E-state index in [4.69, 9.17) is 9.47 Å². The molecule has 0 saturated heterocycles. The van der Waals surface area contributed by atoms with Crippen LogP contribution in [0.4, 0.5) is 0 Å². The standard InChI is InChI=1S/C14H24O4/c1-6-12(15)17-10-8-7-9-11(2)18-13(16)14(3,4)5/h6,11H,1,7-10H2,2-5H3. The van der Waals surface area contributed by atoms with Crippen LogP contribution in [0.25, 0.3) is 0 Å². The lowest BCUT2D eigenvalue weighted by Gasteiger charge is -2.20. The van der Waals surface area contributed by atoms with Gasteiger partial charge in [-0.05, 0) is 47.0 Å². The van der Waals surface area contributed by atoms with Crippen LogP contribution in [-0.2, 0) is 19.1 Å². The molecule has 0 N–H and O–H groups in total. The second-order valence-corrected chi connectivity index (χ2v) is 5.33. The van der Waals surface area contributed by atoms with Crippen molar-refractivity contribution < 1.29 is 19.1 Å². The fourth-order valence-corrected chi connectivity index (χ4v) is 1.18. The van der Waals surface area contributed by atoms with Gasteiger partial charge < -0.3 is 9.47 Å². The average molecular weight is 256 g/mol. The van der Waals surface area contributed by atoms with Crippen molar-refractivity contribution in [3.8, 4) is 0 Å². The van der Waals surface area contributed by atoms with Gasteiger partial charge in [-0.2, -0.15) is 0 Å². The summed E-state index contributed by atoms with van der Waals surface area (Å²) in [6.07, 6.45) is 3.42. The first-order chi connectivity index (χ1) is 8.27. The van der Waals surface area contributed by atoms with Crippen LogP contribution >= 0.6 is 0 Å². The van der Waals surface area contributed by atoms with Gasteiger partial charge in [-0.15, -0.1) is 0 Å². The van der Waals surface area contributed by atoms with E-state index in [0.717, 1.165) is 25.3 Å². The summed E-state index contributed by atoms with van der Waals surface area (Å²) in [5.41, 5.74) is -0.465. The highest BCUT2D eigenvalue weighted by molar-refractivity contribution is 5.81. The van der Waals surface area contributed by atoms with Gasteiger partial charge in [-0.3, -0.25) is 4.79 Å². The number of carbonyl (C=O) groups excluding carboxylic acids is 2. The molecule has 4 heteroatoms. The van der Waals surface area contributed by atoms with Crippen LogP contribution in [0, 0.1) is 5.41 Å². The molecule has 0 aromatic rings. The summed E-state index contributed by atoms with van der Waals surface area (Å²) in [4.78, 5) is 22.3. The Morgan fingerprint density at radius 2 is 1.89 bits per heavy atom. The van der Waals surface area contributed by atoms with E-state index in [1.807, 2.05) is 27.7 Å². The Kier molecular flexibility index (Phi) is 7.32. The Bertz CT molecular complexity index is 289. The number of esters is 2. The largest absolute Gasteiger partial charge is 0.463 e. The van der Waals surface area contributed by atoms with Crippen LogP contribution in [0.3, 0.4) is 0 Å². The van der Waals surface area contributed by atoms with E-state index in [1.54, 1.807) is 0 Å². The number of ether oxygens (including phenoxy) is 2. The lowest BCUT2D eigenvalue weighted by atomic mass is 9.97. The van der Waals surface area contributed by atoms with Gasteiger partial charge in [0.05, 0.1) is 18.1 Å². The molecule has 104 valence electrons. The molecule has 0 aliphatic heterocycles.